The van der Waals surface area contributed by atoms with Crippen molar-refractivity contribution in [3.63, 3.8) is 0 Å². The minimum Gasteiger partial charge on any atom is -0.474 e. The van der Waals surface area contributed by atoms with Crippen LogP contribution in [0.1, 0.15) is 16.7 Å². The first-order valence-corrected chi connectivity index (χ1v) is 12.5. The number of para-hydroxylation sites is 1. The highest BCUT2D eigenvalue weighted by atomic mass is 28.3. The molecule has 0 saturated heterocycles. The normalized spacial score (nSPS) is 19.3. The summed E-state index contributed by atoms with van der Waals surface area (Å²) < 4.78 is 5.87. The zero-order valence-electron chi connectivity index (χ0n) is 15.4. The molecule has 1 N–H and O–H groups in total. The van der Waals surface area contributed by atoms with Crippen molar-refractivity contribution in [1.82, 2.24) is 0 Å². The molecule has 0 saturated carbocycles. The summed E-state index contributed by atoms with van der Waals surface area (Å²) in [5.74, 6) is 0.0284. The van der Waals surface area contributed by atoms with Crippen LogP contribution in [0.5, 0.6) is 0 Å². The van der Waals surface area contributed by atoms with Crippen LogP contribution < -0.4 is 10.7 Å². The maximum atomic E-state index is 13.2. The number of benzene rings is 2. The molecule has 1 aromatic heterocycles. The Morgan fingerprint density at radius 1 is 1.00 bits per heavy atom. The van der Waals surface area contributed by atoms with Crippen LogP contribution in [0.25, 0.3) is 0 Å². The lowest BCUT2D eigenvalue weighted by Crippen LogP contribution is -2.38. The van der Waals surface area contributed by atoms with Gasteiger partial charge in [0, 0.05) is 5.69 Å². The minimum atomic E-state index is -1.53. The van der Waals surface area contributed by atoms with E-state index in [9.17, 15) is 4.79 Å². The molecule has 1 atom stereocenters. The van der Waals surface area contributed by atoms with E-state index >= 15 is 0 Å². The molecule has 1 amide bonds. The molecule has 1 aliphatic heterocycles. The Balaban J connectivity index is 1.86. The summed E-state index contributed by atoms with van der Waals surface area (Å²) in [7, 11) is -1.53. The highest BCUT2D eigenvalue weighted by molar-refractivity contribution is 6.87. The molecule has 3 aromatic rings. The van der Waals surface area contributed by atoms with Crippen molar-refractivity contribution in [2.24, 2.45) is 0 Å². The van der Waals surface area contributed by atoms with E-state index in [4.69, 9.17) is 4.42 Å². The Kier molecular flexibility index (Phi) is 3.88. The predicted molar refractivity (Wildman–Crippen MR) is 108 cm³/mol. The Morgan fingerprint density at radius 3 is 2.38 bits per heavy atom. The predicted octanol–water partition coefficient (Wildman–Crippen LogP) is 4.31. The number of amides is 1. The van der Waals surface area contributed by atoms with Crippen LogP contribution in [0.15, 0.2) is 71.3 Å². The number of anilines is 1. The van der Waals surface area contributed by atoms with E-state index in [0.29, 0.717) is 6.42 Å². The highest BCUT2D eigenvalue weighted by Crippen LogP contribution is 2.45. The van der Waals surface area contributed by atoms with Crippen LogP contribution in [0.2, 0.25) is 19.6 Å². The third kappa shape index (κ3) is 2.61. The SMILES string of the molecule is C[Si](C)(C)c1cc(C[C@@]2(c3ccccc3)C(=O)Nc3ccccc32)co1. The summed E-state index contributed by atoms with van der Waals surface area (Å²) in [5.41, 5.74) is 3.29. The Bertz CT molecular complexity index is 956. The second kappa shape index (κ2) is 5.99. The summed E-state index contributed by atoms with van der Waals surface area (Å²) in [5, 5.41) is 4.15. The molecular formula is C22H23NO2Si. The molecule has 0 bridgehead atoms. The van der Waals surface area contributed by atoms with E-state index in [1.54, 1.807) is 0 Å². The van der Waals surface area contributed by atoms with Crippen molar-refractivity contribution >= 4 is 25.1 Å². The molecule has 132 valence electrons. The first-order valence-electron chi connectivity index (χ1n) is 8.96. The number of carbonyl (C=O) groups is 1. The second-order valence-electron chi connectivity index (χ2n) is 8.02. The second-order valence-corrected chi connectivity index (χ2v) is 13.0. The molecule has 0 fully saturated rings. The molecule has 2 heterocycles. The number of furan rings is 1. The van der Waals surface area contributed by atoms with E-state index in [1.807, 2.05) is 54.8 Å². The van der Waals surface area contributed by atoms with Crippen LogP contribution in [-0.2, 0) is 16.6 Å². The number of carbonyl (C=O) groups excluding carboxylic acids is 1. The molecule has 0 spiro atoms. The number of fused-ring (bicyclic) bond motifs is 1. The first-order chi connectivity index (χ1) is 12.4. The molecule has 0 unspecified atom stereocenters. The van der Waals surface area contributed by atoms with Gasteiger partial charge in [-0.25, -0.2) is 0 Å². The molecule has 26 heavy (non-hydrogen) atoms. The average molecular weight is 362 g/mol. The maximum absolute atomic E-state index is 13.2. The fraction of sp³-hybridized carbons (Fsp3) is 0.227. The lowest BCUT2D eigenvalue weighted by molar-refractivity contribution is -0.119. The molecule has 0 radical (unpaired) electrons. The van der Waals surface area contributed by atoms with Crippen molar-refractivity contribution in [3.05, 3.63) is 83.6 Å². The van der Waals surface area contributed by atoms with Gasteiger partial charge in [0.15, 0.2) is 0 Å². The Labute approximate surface area is 155 Å². The molecule has 1 aliphatic rings. The van der Waals surface area contributed by atoms with Gasteiger partial charge in [-0.05, 0) is 35.2 Å². The van der Waals surface area contributed by atoms with E-state index < -0.39 is 13.5 Å². The van der Waals surface area contributed by atoms with Gasteiger partial charge in [-0.3, -0.25) is 4.79 Å². The molecule has 4 heteroatoms. The van der Waals surface area contributed by atoms with Gasteiger partial charge in [0.2, 0.25) is 5.91 Å². The van der Waals surface area contributed by atoms with Gasteiger partial charge in [0.1, 0.15) is 13.5 Å². The quantitative estimate of drug-likeness (QED) is 0.704. The smallest absolute Gasteiger partial charge is 0.239 e. The average Bonchev–Trinajstić information content (AvgIpc) is 3.20. The fourth-order valence-corrected chi connectivity index (χ4v) is 4.80. The molecule has 0 aliphatic carbocycles. The van der Waals surface area contributed by atoms with Crippen LogP contribution in [0.3, 0.4) is 0 Å². The number of nitrogens with one attached hydrogen (secondary N) is 1. The topological polar surface area (TPSA) is 42.2 Å². The zero-order valence-corrected chi connectivity index (χ0v) is 16.4. The third-order valence-corrected chi connectivity index (χ3v) is 6.89. The molecule has 3 nitrogen and oxygen atoms in total. The van der Waals surface area contributed by atoms with Gasteiger partial charge in [-0.1, -0.05) is 68.2 Å². The largest absolute Gasteiger partial charge is 0.474 e. The van der Waals surface area contributed by atoms with E-state index in [1.165, 1.54) is 0 Å². The van der Waals surface area contributed by atoms with Crippen molar-refractivity contribution < 1.29 is 9.21 Å². The summed E-state index contributed by atoms with van der Waals surface area (Å²) >= 11 is 0. The summed E-state index contributed by atoms with van der Waals surface area (Å²) in [6.07, 6.45) is 2.42. The third-order valence-electron chi connectivity index (χ3n) is 5.15. The number of hydrogen-bond acceptors (Lipinski definition) is 2. The van der Waals surface area contributed by atoms with Gasteiger partial charge >= 0.3 is 0 Å². The van der Waals surface area contributed by atoms with E-state index in [-0.39, 0.29) is 5.91 Å². The zero-order chi connectivity index (χ0) is 18.4. The van der Waals surface area contributed by atoms with Gasteiger partial charge in [0.05, 0.1) is 11.6 Å². The molecular weight excluding hydrogens is 338 g/mol. The van der Waals surface area contributed by atoms with Gasteiger partial charge in [-0.2, -0.15) is 0 Å². The first kappa shape index (κ1) is 16.9. The standard InChI is InChI=1S/C22H23NO2Si/c1-26(2,3)20-13-16(15-25-20)14-22(17-9-5-4-6-10-17)18-11-7-8-12-19(18)23-21(22)24/h4-13,15H,14H2,1-3H3,(H,23,24)/t22-/m0/s1. The fourth-order valence-electron chi connectivity index (χ4n) is 3.77. The Morgan fingerprint density at radius 2 is 1.69 bits per heavy atom. The van der Waals surface area contributed by atoms with Crippen molar-refractivity contribution in [3.8, 4) is 0 Å². The van der Waals surface area contributed by atoms with Gasteiger partial charge < -0.3 is 9.73 Å². The lowest BCUT2D eigenvalue weighted by Gasteiger charge is -2.28. The van der Waals surface area contributed by atoms with E-state index in [2.05, 4.69) is 37.1 Å². The van der Waals surface area contributed by atoms with Crippen LogP contribution in [0.4, 0.5) is 5.69 Å². The monoisotopic (exact) mass is 361 g/mol. The highest BCUT2D eigenvalue weighted by Gasteiger charge is 2.48. The van der Waals surface area contributed by atoms with Crippen molar-refractivity contribution in [2.75, 3.05) is 5.32 Å². The molecule has 2 aromatic carbocycles. The summed E-state index contributed by atoms with van der Waals surface area (Å²) in [6.45, 7) is 6.79. The number of hydrogen-bond donors (Lipinski definition) is 1. The maximum Gasteiger partial charge on any atom is 0.239 e. The van der Waals surface area contributed by atoms with Crippen molar-refractivity contribution in [1.29, 1.82) is 0 Å². The van der Waals surface area contributed by atoms with Crippen LogP contribution >= 0.6 is 0 Å². The van der Waals surface area contributed by atoms with Crippen LogP contribution in [0, 0.1) is 0 Å². The van der Waals surface area contributed by atoms with E-state index in [0.717, 1.165) is 27.8 Å². The summed E-state index contributed by atoms with van der Waals surface area (Å²) in [4.78, 5) is 13.2. The number of rotatable bonds is 4. The van der Waals surface area contributed by atoms with Gasteiger partial charge in [0.25, 0.3) is 0 Å². The minimum absolute atomic E-state index is 0.0284. The van der Waals surface area contributed by atoms with Crippen LogP contribution in [-0.4, -0.2) is 14.0 Å². The lowest BCUT2D eigenvalue weighted by atomic mass is 9.71. The van der Waals surface area contributed by atoms with Gasteiger partial charge in [-0.15, -0.1) is 0 Å². The van der Waals surface area contributed by atoms with Crippen molar-refractivity contribution in [2.45, 2.75) is 31.5 Å². The Hall–Kier alpha value is -2.59. The molecule has 4 rings (SSSR count). The summed E-state index contributed by atoms with van der Waals surface area (Å²) in [6, 6.07) is 20.2.